The van der Waals surface area contributed by atoms with Gasteiger partial charge in [0, 0.05) is 16.8 Å². The van der Waals surface area contributed by atoms with Crippen LogP contribution in [-0.2, 0) is 10.8 Å². The molecule has 1 atom stereocenters. The van der Waals surface area contributed by atoms with Gasteiger partial charge in [0.2, 0.25) is 0 Å². The van der Waals surface area contributed by atoms with Gasteiger partial charge in [-0.1, -0.05) is 176 Å². The maximum Gasteiger partial charge on any atom is 0.137 e. The molecule has 2 heteroatoms. The van der Waals surface area contributed by atoms with Gasteiger partial charge in [-0.05, 0) is 188 Å². The Bertz CT molecular complexity index is 3820. The summed E-state index contributed by atoms with van der Waals surface area (Å²) in [5, 5.41) is 4.76. The van der Waals surface area contributed by atoms with Crippen LogP contribution < -0.4 is 4.90 Å². The van der Waals surface area contributed by atoms with E-state index in [0.29, 0.717) is 5.41 Å². The Morgan fingerprint density at radius 3 is 1.85 bits per heavy atom. The number of benzene rings is 10. The van der Waals surface area contributed by atoms with E-state index in [0.717, 1.165) is 56.8 Å². The van der Waals surface area contributed by atoms with Crippen LogP contribution in [0.3, 0.4) is 0 Å². The molecule has 5 aliphatic rings. The molecule has 0 aliphatic heterocycles. The molecule has 16 rings (SSSR count). The van der Waals surface area contributed by atoms with Gasteiger partial charge in [-0.25, -0.2) is 0 Å². The standard InChI is InChI=1S/C69H53NO/c1-3-14-48(15-4-1)50-29-35-65-61(39-50)67-64(26-13-27-66(67)71-65)70(55-32-30-52(31-33-55)68-42-45-36-46(43-68)38-47(37-45)44-68)56-21-12-20-54(41-56)69(53-18-5-2-6-19-53)62-25-10-9-23-59(62)60-40-51(28-34-63(60)69)58-24-11-17-49-16-7-8-22-57(49)58/h1-35,39-41,45-47H,36-38,42-44H2. The van der Waals surface area contributed by atoms with E-state index in [1.807, 2.05) is 0 Å². The summed E-state index contributed by atoms with van der Waals surface area (Å²) >= 11 is 0. The summed E-state index contributed by atoms with van der Waals surface area (Å²) in [5.74, 6) is 2.67. The maximum absolute atomic E-state index is 6.76. The van der Waals surface area contributed by atoms with Gasteiger partial charge in [-0.15, -0.1) is 0 Å². The third kappa shape index (κ3) is 6.26. The van der Waals surface area contributed by atoms with E-state index in [4.69, 9.17) is 4.42 Å². The van der Waals surface area contributed by atoms with Crippen molar-refractivity contribution in [2.24, 2.45) is 17.8 Å². The number of rotatable bonds is 8. The highest BCUT2D eigenvalue weighted by atomic mass is 16.3. The molecule has 4 fully saturated rings. The minimum atomic E-state index is -0.590. The molecule has 4 bridgehead atoms. The van der Waals surface area contributed by atoms with Crippen LogP contribution in [0.4, 0.5) is 17.1 Å². The molecule has 1 aromatic heterocycles. The lowest BCUT2D eigenvalue weighted by atomic mass is 9.48. The molecule has 2 nitrogen and oxygen atoms in total. The van der Waals surface area contributed by atoms with E-state index in [1.165, 1.54) is 105 Å². The lowest BCUT2D eigenvalue weighted by Crippen LogP contribution is -2.48. The molecule has 71 heavy (non-hydrogen) atoms. The second kappa shape index (κ2) is 15.8. The molecule has 4 saturated carbocycles. The topological polar surface area (TPSA) is 16.4 Å². The number of anilines is 3. The predicted octanol–water partition coefficient (Wildman–Crippen LogP) is 18.4. The average molecular weight is 912 g/mol. The van der Waals surface area contributed by atoms with Crippen LogP contribution >= 0.6 is 0 Å². The predicted molar refractivity (Wildman–Crippen MR) is 294 cm³/mol. The van der Waals surface area contributed by atoms with E-state index < -0.39 is 5.41 Å². The van der Waals surface area contributed by atoms with Gasteiger partial charge in [0.05, 0.1) is 16.5 Å². The molecular formula is C69H53NO. The van der Waals surface area contributed by atoms with Crippen molar-refractivity contribution in [3.05, 3.63) is 258 Å². The summed E-state index contributed by atoms with van der Waals surface area (Å²) in [7, 11) is 0. The monoisotopic (exact) mass is 911 g/mol. The van der Waals surface area contributed by atoms with Crippen molar-refractivity contribution >= 4 is 49.8 Å². The van der Waals surface area contributed by atoms with Crippen LogP contribution in [0.15, 0.2) is 235 Å². The first-order valence-corrected chi connectivity index (χ1v) is 25.9. The van der Waals surface area contributed by atoms with Gasteiger partial charge in [-0.2, -0.15) is 0 Å². The smallest absolute Gasteiger partial charge is 0.137 e. The number of fused-ring (bicyclic) bond motifs is 7. The van der Waals surface area contributed by atoms with Gasteiger partial charge in [-0.3, -0.25) is 0 Å². The molecular weight excluding hydrogens is 859 g/mol. The van der Waals surface area contributed by atoms with E-state index in [1.54, 1.807) is 5.56 Å². The lowest BCUT2D eigenvalue weighted by Gasteiger charge is -2.57. The summed E-state index contributed by atoms with van der Waals surface area (Å²) in [6.45, 7) is 0. The zero-order valence-electron chi connectivity index (χ0n) is 39.8. The van der Waals surface area contributed by atoms with Crippen LogP contribution in [0.1, 0.15) is 66.3 Å². The Morgan fingerprint density at radius 1 is 0.380 bits per heavy atom. The first-order chi connectivity index (χ1) is 35.1. The summed E-state index contributed by atoms with van der Waals surface area (Å²) in [5.41, 5.74) is 18.9. The van der Waals surface area contributed by atoms with Gasteiger partial charge in [0.15, 0.2) is 0 Å². The fourth-order valence-corrected chi connectivity index (χ4v) is 14.9. The van der Waals surface area contributed by atoms with E-state index in [9.17, 15) is 0 Å². The maximum atomic E-state index is 6.76. The second-order valence-corrected chi connectivity index (χ2v) is 21.4. The molecule has 340 valence electrons. The Kier molecular flexibility index (Phi) is 9.09. The van der Waals surface area contributed by atoms with Crippen LogP contribution in [-0.4, -0.2) is 0 Å². The summed E-state index contributed by atoms with van der Waals surface area (Å²) in [6.07, 6.45) is 8.38. The van der Waals surface area contributed by atoms with Crippen molar-refractivity contribution in [2.45, 2.75) is 49.4 Å². The molecule has 1 heterocycles. The van der Waals surface area contributed by atoms with Crippen molar-refractivity contribution < 1.29 is 4.42 Å². The largest absolute Gasteiger partial charge is 0.456 e. The molecule has 11 aromatic rings. The molecule has 10 aromatic carbocycles. The summed E-state index contributed by atoms with van der Waals surface area (Å²) < 4.78 is 6.76. The fourth-order valence-electron chi connectivity index (χ4n) is 14.9. The summed E-state index contributed by atoms with van der Waals surface area (Å²) in [4.78, 5) is 2.52. The van der Waals surface area contributed by atoms with Crippen molar-refractivity contribution in [1.29, 1.82) is 0 Å². The molecule has 0 saturated heterocycles. The van der Waals surface area contributed by atoms with E-state index in [-0.39, 0.29) is 0 Å². The fraction of sp³-hybridized carbons (Fsp3) is 0.159. The van der Waals surface area contributed by atoms with Crippen LogP contribution in [0, 0.1) is 17.8 Å². The molecule has 0 N–H and O–H groups in total. The van der Waals surface area contributed by atoms with E-state index in [2.05, 4.69) is 235 Å². The zero-order valence-corrected chi connectivity index (χ0v) is 39.8. The normalized spacial score (nSPS) is 21.7. The van der Waals surface area contributed by atoms with Crippen molar-refractivity contribution in [3.8, 4) is 33.4 Å². The zero-order chi connectivity index (χ0) is 46.7. The molecule has 0 radical (unpaired) electrons. The van der Waals surface area contributed by atoms with Crippen LogP contribution in [0.25, 0.3) is 66.1 Å². The lowest BCUT2D eigenvalue weighted by molar-refractivity contribution is -0.00518. The third-order valence-electron chi connectivity index (χ3n) is 17.5. The Labute approximate surface area is 415 Å². The highest BCUT2D eigenvalue weighted by molar-refractivity contribution is 6.14. The highest BCUT2D eigenvalue weighted by Crippen LogP contribution is 2.62. The minimum absolute atomic E-state index is 0.311. The third-order valence-corrected chi connectivity index (χ3v) is 17.5. The van der Waals surface area contributed by atoms with Gasteiger partial charge >= 0.3 is 0 Å². The number of hydrogen-bond donors (Lipinski definition) is 0. The quantitative estimate of drug-likeness (QED) is 0.151. The molecule has 1 unspecified atom stereocenters. The first-order valence-electron chi connectivity index (χ1n) is 25.9. The molecule has 0 amide bonds. The number of nitrogens with zero attached hydrogens (tertiary/aromatic N) is 1. The van der Waals surface area contributed by atoms with Gasteiger partial charge < -0.3 is 9.32 Å². The van der Waals surface area contributed by atoms with Crippen molar-refractivity contribution in [3.63, 3.8) is 0 Å². The van der Waals surface area contributed by atoms with Gasteiger partial charge in [0.25, 0.3) is 0 Å². The highest BCUT2D eigenvalue weighted by Gasteiger charge is 2.52. The second-order valence-electron chi connectivity index (χ2n) is 21.4. The Balaban J connectivity index is 0.946. The van der Waals surface area contributed by atoms with E-state index >= 15 is 0 Å². The van der Waals surface area contributed by atoms with Crippen LogP contribution in [0.5, 0.6) is 0 Å². The minimum Gasteiger partial charge on any atom is -0.456 e. The summed E-state index contributed by atoms with van der Waals surface area (Å²) in [6, 6.07) is 86.3. The molecule has 0 spiro atoms. The van der Waals surface area contributed by atoms with Crippen molar-refractivity contribution in [1.82, 2.24) is 0 Å². The van der Waals surface area contributed by atoms with Crippen molar-refractivity contribution in [2.75, 3.05) is 4.90 Å². The SMILES string of the molecule is c1ccc(-c2ccc3oc4cccc(N(c5ccc(C67CC8CC(CC(C8)C6)C7)cc5)c5cccc(C6(c7ccccc7)c7ccccc7-c7cc(-c8cccc9ccccc89)ccc76)c5)c4c3c2)cc1. The number of hydrogen-bond acceptors (Lipinski definition) is 2. The first kappa shape index (κ1) is 40.9. The number of furan rings is 1. The van der Waals surface area contributed by atoms with Crippen LogP contribution in [0.2, 0.25) is 0 Å². The molecule has 5 aliphatic carbocycles. The Morgan fingerprint density at radius 2 is 1.03 bits per heavy atom. The van der Waals surface area contributed by atoms with Gasteiger partial charge in [0.1, 0.15) is 11.2 Å². The average Bonchev–Trinajstić information content (AvgIpc) is 3.95. The Hall–Kier alpha value is -7.94.